The van der Waals surface area contributed by atoms with Gasteiger partial charge < -0.3 is 25.0 Å². The number of alkyl halides is 2. The lowest BCUT2D eigenvalue weighted by molar-refractivity contribution is -0.138. The average molecular weight is 559 g/mol. The summed E-state index contributed by atoms with van der Waals surface area (Å²) in [6.45, 7) is 5.71. The average Bonchev–Trinajstić information content (AvgIpc) is 2.98. The second-order valence-corrected chi connectivity index (χ2v) is 10.4. The lowest BCUT2D eigenvalue weighted by Crippen LogP contribution is -2.51. The van der Waals surface area contributed by atoms with Crippen LogP contribution in [0.1, 0.15) is 42.6 Å². The summed E-state index contributed by atoms with van der Waals surface area (Å²) in [5.41, 5.74) is 1.23. The second-order valence-electron chi connectivity index (χ2n) is 10.4. The van der Waals surface area contributed by atoms with Gasteiger partial charge >= 0.3 is 0 Å². The maximum atomic E-state index is 15.1. The number of aryl methyl sites for hydroxylation is 1. The Morgan fingerprint density at radius 3 is 2.62 bits per heavy atom. The zero-order valence-electron chi connectivity index (χ0n) is 22.5. The van der Waals surface area contributed by atoms with Gasteiger partial charge in [0, 0.05) is 56.3 Å². The number of amides is 1. The Morgan fingerprint density at radius 1 is 1.20 bits per heavy atom. The molecule has 2 saturated heterocycles. The SMILES string of the molecule is Cc1nnc(N[C@H](C)c2cccc(C(F)(F)CO)c2F)c2cc(N3CCN(C(=O)C4CCOCC4)CC3)cnc12. The van der Waals surface area contributed by atoms with Gasteiger partial charge in [0.15, 0.2) is 5.82 Å². The number of ether oxygens (including phenoxy) is 1. The summed E-state index contributed by atoms with van der Waals surface area (Å²) in [6.07, 6.45) is 3.29. The predicted molar refractivity (Wildman–Crippen MR) is 144 cm³/mol. The van der Waals surface area contributed by atoms with E-state index >= 15 is 4.39 Å². The van der Waals surface area contributed by atoms with Gasteiger partial charge in [0.05, 0.1) is 34.7 Å². The fourth-order valence-electron chi connectivity index (χ4n) is 5.35. The van der Waals surface area contributed by atoms with Crippen LogP contribution in [-0.2, 0) is 15.5 Å². The van der Waals surface area contributed by atoms with E-state index in [2.05, 4.69) is 25.4 Å². The highest BCUT2D eigenvalue weighted by Crippen LogP contribution is 2.34. The van der Waals surface area contributed by atoms with Crippen LogP contribution in [0.15, 0.2) is 30.5 Å². The highest BCUT2D eigenvalue weighted by molar-refractivity contribution is 5.92. The quantitative estimate of drug-likeness (QED) is 0.452. The summed E-state index contributed by atoms with van der Waals surface area (Å²) < 4.78 is 48.6. The summed E-state index contributed by atoms with van der Waals surface area (Å²) in [7, 11) is 0. The lowest BCUT2D eigenvalue weighted by Gasteiger charge is -2.38. The first-order chi connectivity index (χ1) is 19.2. The van der Waals surface area contributed by atoms with Crippen molar-refractivity contribution in [1.29, 1.82) is 0 Å². The molecule has 2 aliphatic rings. The van der Waals surface area contributed by atoms with E-state index < -0.39 is 30.0 Å². The van der Waals surface area contributed by atoms with Crippen molar-refractivity contribution in [1.82, 2.24) is 20.1 Å². The van der Waals surface area contributed by atoms with Gasteiger partial charge in [-0.1, -0.05) is 12.1 Å². The van der Waals surface area contributed by atoms with Crippen molar-refractivity contribution in [2.24, 2.45) is 5.92 Å². The fourth-order valence-corrected chi connectivity index (χ4v) is 5.35. The minimum Gasteiger partial charge on any atom is -0.390 e. The largest absolute Gasteiger partial charge is 0.390 e. The van der Waals surface area contributed by atoms with Crippen molar-refractivity contribution in [2.45, 2.75) is 38.7 Å². The van der Waals surface area contributed by atoms with Crippen LogP contribution in [0.25, 0.3) is 10.9 Å². The Bertz CT molecular complexity index is 1380. The Morgan fingerprint density at radius 2 is 1.93 bits per heavy atom. The predicted octanol–water partition coefficient (Wildman–Crippen LogP) is 3.80. The molecule has 4 heterocycles. The van der Waals surface area contributed by atoms with Crippen molar-refractivity contribution in [3.8, 4) is 0 Å². The number of nitrogens with one attached hydrogen (secondary N) is 1. The number of hydrogen-bond acceptors (Lipinski definition) is 8. The summed E-state index contributed by atoms with van der Waals surface area (Å²) >= 11 is 0. The molecule has 9 nitrogen and oxygen atoms in total. The number of hydrogen-bond donors (Lipinski definition) is 2. The molecule has 0 saturated carbocycles. The molecule has 3 aromatic rings. The van der Waals surface area contributed by atoms with Gasteiger partial charge in [-0.05, 0) is 38.8 Å². The zero-order chi connectivity index (χ0) is 28.4. The standard InChI is InChI=1S/C28H33F3N6O3/c1-17(21-4-3-5-23(24(21)29)28(30,31)16-38)33-26-22-14-20(15-32-25(22)18(2)34-35-26)36-8-10-37(11-9-36)27(39)19-6-12-40-13-7-19/h3-5,14-15,17,19,38H,6-13,16H2,1-2H3,(H,33,35)/t17-/m1/s1. The number of aliphatic hydroxyl groups is 1. The van der Waals surface area contributed by atoms with E-state index in [1.54, 1.807) is 20.0 Å². The van der Waals surface area contributed by atoms with Gasteiger partial charge in [-0.25, -0.2) is 4.39 Å². The van der Waals surface area contributed by atoms with E-state index in [4.69, 9.17) is 9.84 Å². The fraction of sp³-hybridized carbons (Fsp3) is 0.500. The molecule has 0 bridgehead atoms. The van der Waals surface area contributed by atoms with E-state index in [0.717, 1.165) is 24.6 Å². The van der Waals surface area contributed by atoms with E-state index in [1.165, 1.54) is 12.1 Å². The van der Waals surface area contributed by atoms with Crippen LogP contribution in [0.2, 0.25) is 0 Å². The van der Waals surface area contributed by atoms with E-state index in [1.807, 2.05) is 11.0 Å². The molecule has 2 fully saturated rings. The number of nitrogens with zero attached hydrogens (tertiary/aromatic N) is 5. The maximum absolute atomic E-state index is 15.1. The topological polar surface area (TPSA) is 104 Å². The number of anilines is 2. The number of rotatable bonds is 7. The first-order valence-electron chi connectivity index (χ1n) is 13.5. The van der Waals surface area contributed by atoms with Crippen LogP contribution in [0.5, 0.6) is 0 Å². The molecule has 2 aliphatic heterocycles. The number of halogens is 3. The van der Waals surface area contributed by atoms with E-state index in [9.17, 15) is 13.6 Å². The van der Waals surface area contributed by atoms with Gasteiger partial charge in [0.25, 0.3) is 5.92 Å². The third-order valence-corrected chi connectivity index (χ3v) is 7.74. The highest BCUT2D eigenvalue weighted by Gasteiger charge is 2.35. The monoisotopic (exact) mass is 558 g/mol. The van der Waals surface area contributed by atoms with Gasteiger partial charge in [-0.3, -0.25) is 9.78 Å². The number of benzene rings is 1. The minimum absolute atomic E-state index is 0.00980. The van der Waals surface area contributed by atoms with Crippen molar-refractivity contribution in [3.63, 3.8) is 0 Å². The number of fused-ring (bicyclic) bond motifs is 1. The molecule has 214 valence electrons. The lowest BCUT2D eigenvalue weighted by atomic mass is 9.98. The Hall–Kier alpha value is -3.51. The van der Waals surface area contributed by atoms with Crippen LogP contribution in [-0.4, -0.2) is 77.1 Å². The smallest absolute Gasteiger partial charge is 0.298 e. The molecule has 12 heteroatoms. The van der Waals surface area contributed by atoms with Gasteiger partial charge in [-0.2, -0.15) is 13.9 Å². The van der Waals surface area contributed by atoms with E-state index in [-0.39, 0.29) is 17.4 Å². The summed E-state index contributed by atoms with van der Waals surface area (Å²) in [4.78, 5) is 21.6. The Kier molecular flexibility index (Phi) is 8.09. The maximum Gasteiger partial charge on any atom is 0.298 e. The van der Waals surface area contributed by atoms with Gasteiger partial charge in [0.2, 0.25) is 5.91 Å². The molecule has 0 spiro atoms. The number of carbonyl (C=O) groups excluding carboxylic acids is 1. The van der Waals surface area contributed by atoms with Crippen LogP contribution in [0.3, 0.4) is 0 Å². The number of piperazine rings is 1. The molecule has 1 aromatic carbocycles. The normalized spacial score (nSPS) is 17.8. The Labute approximate surface area is 230 Å². The minimum atomic E-state index is -3.70. The molecular formula is C28H33F3N6O3. The van der Waals surface area contributed by atoms with Crippen LogP contribution in [0, 0.1) is 18.7 Å². The van der Waals surface area contributed by atoms with Gasteiger partial charge in [-0.15, -0.1) is 5.10 Å². The molecule has 1 atom stereocenters. The third kappa shape index (κ3) is 5.55. The van der Waals surface area contributed by atoms with Crippen molar-refractivity contribution in [3.05, 3.63) is 53.1 Å². The molecule has 40 heavy (non-hydrogen) atoms. The molecule has 2 N–H and O–H groups in total. The molecule has 1 amide bonds. The van der Waals surface area contributed by atoms with E-state index in [0.29, 0.717) is 61.8 Å². The molecule has 2 aromatic heterocycles. The summed E-state index contributed by atoms with van der Waals surface area (Å²) in [6, 6.07) is 4.91. The van der Waals surface area contributed by atoms with Crippen LogP contribution >= 0.6 is 0 Å². The molecule has 0 aliphatic carbocycles. The summed E-state index contributed by atoms with van der Waals surface area (Å²) in [5, 5.41) is 21.2. The highest BCUT2D eigenvalue weighted by atomic mass is 19.3. The first-order valence-corrected chi connectivity index (χ1v) is 13.5. The number of pyridine rings is 1. The third-order valence-electron chi connectivity index (χ3n) is 7.74. The molecule has 0 radical (unpaired) electrons. The summed E-state index contributed by atoms with van der Waals surface area (Å²) in [5.74, 6) is -4.22. The van der Waals surface area contributed by atoms with Crippen LogP contribution < -0.4 is 10.2 Å². The number of aromatic nitrogens is 3. The molecule has 0 unspecified atom stereocenters. The number of carbonyl (C=O) groups is 1. The number of aliphatic hydroxyl groups excluding tert-OH is 1. The first kappa shape index (κ1) is 28.0. The molecular weight excluding hydrogens is 525 g/mol. The second kappa shape index (κ2) is 11.5. The molecule has 5 rings (SSSR count). The Balaban J connectivity index is 1.35. The van der Waals surface area contributed by atoms with Crippen LogP contribution in [0.4, 0.5) is 24.7 Å². The van der Waals surface area contributed by atoms with Gasteiger partial charge in [0.1, 0.15) is 12.4 Å². The van der Waals surface area contributed by atoms with Crippen molar-refractivity contribution >= 4 is 28.3 Å². The van der Waals surface area contributed by atoms with Crippen molar-refractivity contribution < 1.29 is 27.8 Å². The van der Waals surface area contributed by atoms with Crippen molar-refractivity contribution in [2.75, 3.05) is 56.2 Å². The zero-order valence-corrected chi connectivity index (χ0v) is 22.5.